The number of amides is 3. The van der Waals surface area contributed by atoms with Crippen LogP contribution in [0.1, 0.15) is 71.2 Å². The highest BCUT2D eigenvalue weighted by Gasteiger charge is 2.36. The smallest absolute Gasteiger partial charge is 0.253 e. The zero-order valence-corrected chi connectivity index (χ0v) is 24.7. The van der Waals surface area contributed by atoms with Gasteiger partial charge in [0.05, 0.1) is 35.1 Å². The molecule has 12 heteroatoms. The van der Waals surface area contributed by atoms with Crippen molar-refractivity contribution in [2.24, 2.45) is 17.8 Å². The molecule has 3 amide bonds. The van der Waals surface area contributed by atoms with E-state index in [1.165, 1.54) is 31.5 Å². The highest BCUT2D eigenvalue weighted by atomic mass is 32.2. The highest BCUT2D eigenvalue weighted by Crippen LogP contribution is 2.17. The third kappa shape index (κ3) is 12.4. The molecule has 0 fully saturated rings. The Morgan fingerprint density at radius 3 is 2.18 bits per heavy atom. The summed E-state index contributed by atoms with van der Waals surface area (Å²) in [4.78, 5) is 42.5. The fraction of sp³-hybridized carbons (Fsp3) is 0.704. The van der Waals surface area contributed by atoms with Gasteiger partial charge in [-0.2, -0.15) is 0 Å². The summed E-state index contributed by atoms with van der Waals surface area (Å²) in [5, 5.41) is 29.6. The van der Waals surface area contributed by atoms with Gasteiger partial charge in [-0.15, -0.1) is 0 Å². The monoisotopic (exact) mass is 570 g/mol. The van der Waals surface area contributed by atoms with E-state index >= 15 is 0 Å². The van der Waals surface area contributed by atoms with Crippen LogP contribution in [0.25, 0.3) is 0 Å². The van der Waals surface area contributed by atoms with Crippen LogP contribution in [0.4, 0.5) is 0 Å². The summed E-state index contributed by atoms with van der Waals surface area (Å²) in [6.45, 7) is 11.3. The number of hydrogen-bond acceptors (Lipinski definition) is 8. The topological polar surface area (TPSA) is 175 Å². The van der Waals surface area contributed by atoms with Gasteiger partial charge in [-0.1, -0.05) is 48.0 Å². The van der Waals surface area contributed by atoms with Crippen molar-refractivity contribution in [1.29, 1.82) is 0 Å². The first-order valence-electron chi connectivity index (χ1n) is 13.5. The summed E-state index contributed by atoms with van der Waals surface area (Å²) in [7, 11) is -3.71. The summed E-state index contributed by atoms with van der Waals surface area (Å²) in [5.74, 6) is -3.51. The van der Waals surface area contributed by atoms with Crippen LogP contribution in [0.3, 0.4) is 0 Å². The van der Waals surface area contributed by atoms with Crippen LogP contribution in [0, 0.1) is 17.8 Å². The van der Waals surface area contributed by atoms with E-state index in [1.54, 1.807) is 0 Å². The summed E-state index contributed by atoms with van der Waals surface area (Å²) in [5.41, 5.74) is 0.150. The molecule has 0 spiro atoms. The minimum Gasteiger partial charge on any atom is -0.390 e. The second-order valence-corrected chi connectivity index (χ2v) is 13.1. The molecular weight excluding hydrogens is 524 g/mol. The zero-order valence-electron chi connectivity index (χ0n) is 23.9. The van der Waals surface area contributed by atoms with E-state index in [-0.39, 0.29) is 29.6 Å². The van der Waals surface area contributed by atoms with Gasteiger partial charge >= 0.3 is 0 Å². The van der Waals surface area contributed by atoms with Crippen LogP contribution in [0.2, 0.25) is 0 Å². The lowest BCUT2D eigenvalue weighted by Gasteiger charge is -2.32. The molecule has 0 aliphatic heterocycles. The average Bonchev–Trinajstić information content (AvgIpc) is 2.88. The summed E-state index contributed by atoms with van der Waals surface area (Å²) in [6, 6.07) is 0.557. The lowest BCUT2D eigenvalue weighted by Crippen LogP contribution is -2.58. The zero-order chi connectivity index (χ0) is 29.8. The number of carbonyl (C=O) groups is 3. The van der Waals surface area contributed by atoms with Crippen molar-refractivity contribution in [1.82, 2.24) is 20.9 Å². The normalized spacial score (nSPS) is 15.7. The van der Waals surface area contributed by atoms with E-state index in [4.69, 9.17) is 0 Å². The minimum absolute atomic E-state index is 0.0288. The van der Waals surface area contributed by atoms with E-state index in [0.717, 1.165) is 0 Å². The van der Waals surface area contributed by atoms with Crippen LogP contribution in [-0.4, -0.2) is 83.7 Å². The number of nitrogens with one attached hydrogen (secondary N) is 3. The first-order chi connectivity index (χ1) is 18.2. The number of carbonyl (C=O) groups excluding carboxylic acids is 3. The largest absolute Gasteiger partial charge is 0.390 e. The van der Waals surface area contributed by atoms with E-state index in [0.29, 0.717) is 19.4 Å². The minimum atomic E-state index is -3.71. The SMILES string of the molecule is CCCCS(=O)(=O)CC(NC(=O)c1cccnc1)C(=O)NC(CC(C)C)C(O)C(O)C(C)C(=O)NCC(C)C. The van der Waals surface area contributed by atoms with Crippen LogP contribution in [0.15, 0.2) is 24.5 Å². The van der Waals surface area contributed by atoms with E-state index in [9.17, 15) is 33.0 Å². The number of aliphatic hydroxyl groups is 2. The predicted molar refractivity (Wildman–Crippen MR) is 149 cm³/mol. The molecule has 5 unspecified atom stereocenters. The molecule has 5 atom stereocenters. The molecule has 5 N–H and O–H groups in total. The van der Waals surface area contributed by atoms with Gasteiger partial charge in [0, 0.05) is 18.9 Å². The van der Waals surface area contributed by atoms with Gasteiger partial charge in [-0.3, -0.25) is 19.4 Å². The summed E-state index contributed by atoms with van der Waals surface area (Å²) >= 11 is 0. The van der Waals surface area contributed by atoms with Crippen molar-refractivity contribution in [2.45, 2.75) is 85.1 Å². The Morgan fingerprint density at radius 1 is 0.974 bits per heavy atom. The number of sulfone groups is 1. The Kier molecular flexibility index (Phi) is 14.6. The molecule has 1 aromatic rings. The van der Waals surface area contributed by atoms with Gasteiger partial charge in [0.25, 0.3) is 5.91 Å². The van der Waals surface area contributed by atoms with Crippen LogP contribution < -0.4 is 16.0 Å². The quantitative estimate of drug-likeness (QED) is 0.185. The Balaban J connectivity index is 3.16. The molecule has 0 aliphatic carbocycles. The number of hydrogen-bond donors (Lipinski definition) is 5. The van der Waals surface area contributed by atoms with Crippen molar-refractivity contribution >= 4 is 27.6 Å². The molecule has 0 saturated heterocycles. The summed E-state index contributed by atoms with van der Waals surface area (Å²) < 4.78 is 25.4. The van der Waals surface area contributed by atoms with Crippen molar-refractivity contribution in [2.75, 3.05) is 18.1 Å². The molecule has 222 valence electrons. The van der Waals surface area contributed by atoms with Crippen molar-refractivity contribution in [3.63, 3.8) is 0 Å². The number of nitrogens with zero attached hydrogens (tertiary/aromatic N) is 1. The molecule has 0 radical (unpaired) electrons. The van der Waals surface area contributed by atoms with Crippen molar-refractivity contribution in [3.8, 4) is 0 Å². The standard InChI is InChI=1S/C27H46N4O7S/c1-7-8-12-39(37,38)16-22(31-26(35)20-10-9-11-28-15-20)27(36)30-21(13-17(2)3)24(33)23(32)19(6)25(34)29-14-18(4)5/h9-11,15,17-19,21-24,32-33H,7-8,12-14,16H2,1-6H3,(H,29,34)(H,30,36)(H,31,35). The maximum absolute atomic E-state index is 13.4. The fourth-order valence-corrected chi connectivity index (χ4v) is 5.49. The first kappa shape index (κ1) is 34.5. The molecule has 0 aromatic carbocycles. The third-order valence-electron chi connectivity index (χ3n) is 6.20. The maximum Gasteiger partial charge on any atom is 0.253 e. The van der Waals surface area contributed by atoms with E-state index in [2.05, 4.69) is 20.9 Å². The molecule has 0 bridgehead atoms. The third-order valence-corrected chi connectivity index (χ3v) is 7.95. The maximum atomic E-state index is 13.4. The van der Waals surface area contributed by atoms with Crippen molar-refractivity contribution in [3.05, 3.63) is 30.1 Å². The molecule has 1 heterocycles. The Morgan fingerprint density at radius 2 is 1.64 bits per heavy atom. The lowest BCUT2D eigenvalue weighted by molar-refractivity contribution is -0.133. The Hall–Kier alpha value is -2.57. The van der Waals surface area contributed by atoms with Gasteiger partial charge in [0.15, 0.2) is 9.84 Å². The summed E-state index contributed by atoms with van der Waals surface area (Å²) in [6.07, 6.45) is 1.02. The van der Waals surface area contributed by atoms with E-state index < -0.39 is 63.5 Å². The average molecular weight is 571 g/mol. The van der Waals surface area contributed by atoms with E-state index in [1.807, 2.05) is 34.6 Å². The molecule has 1 aromatic heterocycles. The molecule has 0 saturated carbocycles. The van der Waals surface area contributed by atoms with Crippen molar-refractivity contribution < 1.29 is 33.0 Å². The first-order valence-corrected chi connectivity index (χ1v) is 15.4. The fourth-order valence-electron chi connectivity index (χ4n) is 3.85. The lowest BCUT2D eigenvalue weighted by atomic mass is 9.89. The Bertz CT molecular complexity index is 1020. The molecular formula is C27H46N4O7S. The van der Waals surface area contributed by atoms with Gasteiger partial charge < -0.3 is 26.2 Å². The number of pyridine rings is 1. The molecule has 1 rings (SSSR count). The number of aromatic nitrogens is 1. The van der Waals surface area contributed by atoms with Gasteiger partial charge in [0.2, 0.25) is 11.8 Å². The number of unbranched alkanes of at least 4 members (excludes halogenated alkanes) is 1. The Labute approximate surface area is 232 Å². The molecule has 0 aliphatic rings. The van der Waals surface area contributed by atoms with Gasteiger partial charge in [-0.05, 0) is 36.8 Å². The second-order valence-electron chi connectivity index (χ2n) is 10.9. The molecule has 11 nitrogen and oxygen atoms in total. The van der Waals surface area contributed by atoms with Crippen LogP contribution in [0.5, 0.6) is 0 Å². The highest BCUT2D eigenvalue weighted by molar-refractivity contribution is 7.91. The second kappa shape index (κ2) is 16.5. The molecule has 39 heavy (non-hydrogen) atoms. The number of rotatable bonds is 17. The van der Waals surface area contributed by atoms with Crippen LogP contribution in [-0.2, 0) is 19.4 Å². The predicted octanol–water partition coefficient (Wildman–Crippen LogP) is 1.06. The van der Waals surface area contributed by atoms with Crippen LogP contribution >= 0.6 is 0 Å². The number of aliphatic hydroxyl groups excluding tert-OH is 2. The van der Waals surface area contributed by atoms with Gasteiger partial charge in [0.1, 0.15) is 12.1 Å². The van der Waals surface area contributed by atoms with Gasteiger partial charge in [-0.25, -0.2) is 8.42 Å².